The second-order valence-electron chi connectivity index (χ2n) is 6.33. The molecule has 0 saturated carbocycles. The van der Waals surface area contributed by atoms with Crippen LogP contribution in [0.3, 0.4) is 0 Å². The second-order valence-corrected chi connectivity index (χ2v) is 6.33. The van der Waals surface area contributed by atoms with Gasteiger partial charge in [-0.1, -0.05) is 12.1 Å². The summed E-state index contributed by atoms with van der Waals surface area (Å²) in [6, 6.07) is 11.9. The summed E-state index contributed by atoms with van der Waals surface area (Å²) in [5.74, 6) is -1.46. The maximum absolute atomic E-state index is 13.7. The van der Waals surface area contributed by atoms with Crippen LogP contribution in [0.4, 0.5) is 25.8 Å². The van der Waals surface area contributed by atoms with Crippen LogP contribution in [0.15, 0.2) is 60.9 Å². The van der Waals surface area contributed by atoms with Crippen molar-refractivity contribution >= 4 is 23.0 Å². The Hall–Kier alpha value is -3.48. The van der Waals surface area contributed by atoms with Gasteiger partial charge in [-0.05, 0) is 44.2 Å². The zero-order chi connectivity index (χ0) is 20.1. The average molecular weight is 383 g/mol. The largest absolute Gasteiger partial charge is 0.489 e. The fourth-order valence-corrected chi connectivity index (χ4v) is 2.50. The highest BCUT2D eigenvalue weighted by Gasteiger charge is 2.12. The van der Waals surface area contributed by atoms with Crippen LogP contribution in [0.5, 0.6) is 5.75 Å². The molecule has 144 valence electrons. The van der Waals surface area contributed by atoms with Crippen LogP contribution in [-0.4, -0.2) is 17.0 Å². The van der Waals surface area contributed by atoms with Gasteiger partial charge in [-0.3, -0.25) is 9.78 Å². The molecular weight excluding hydrogens is 364 g/mol. The predicted molar refractivity (Wildman–Crippen MR) is 104 cm³/mol. The van der Waals surface area contributed by atoms with Crippen molar-refractivity contribution in [3.8, 4) is 5.75 Å². The van der Waals surface area contributed by atoms with Crippen LogP contribution >= 0.6 is 0 Å². The van der Waals surface area contributed by atoms with Crippen molar-refractivity contribution < 1.29 is 18.3 Å². The van der Waals surface area contributed by atoms with Crippen molar-refractivity contribution in [2.45, 2.75) is 20.0 Å². The van der Waals surface area contributed by atoms with E-state index in [4.69, 9.17) is 4.74 Å². The topological polar surface area (TPSA) is 63.2 Å². The monoisotopic (exact) mass is 383 g/mol. The molecule has 2 aromatic carbocycles. The molecular formula is C21H19F2N3O2. The molecule has 0 bridgehead atoms. The molecule has 5 nitrogen and oxygen atoms in total. The number of nitrogens with zero attached hydrogens (tertiary/aromatic N) is 1. The van der Waals surface area contributed by atoms with Gasteiger partial charge in [0.1, 0.15) is 17.4 Å². The third kappa shape index (κ3) is 4.82. The lowest BCUT2D eigenvalue weighted by molar-refractivity contribution is 0.102. The van der Waals surface area contributed by atoms with E-state index in [1.807, 2.05) is 38.1 Å². The minimum Gasteiger partial charge on any atom is -0.489 e. The first-order valence-electron chi connectivity index (χ1n) is 8.66. The number of nitrogens with one attached hydrogen (secondary N) is 2. The molecule has 1 aromatic heterocycles. The molecule has 0 atom stereocenters. The Bertz CT molecular complexity index is 993. The van der Waals surface area contributed by atoms with Crippen molar-refractivity contribution in [1.29, 1.82) is 0 Å². The van der Waals surface area contributed by atoms with Gasteiger partial charge in [0.25, 0.3) is 5.91 Å². The number of carbonyl (C=O) groups excluding carboxylic acids is 1. The number of amides is 1. The third-order valence-corrected chi connectivity index (χ3v) is 3.71. The SMILES string of the molecule is CC(C)Oc1ccccc1Nc1cncc(C(=O)Nc2ccc(F)cc2F)c1. The standard InChI is InChI=1S/C21H19F2N3O2/c1-13(2)28-20-6-4-3-5-19(20)25-16-9-14(11-24-12-16)21(27)26-18-8-7-15(22)10-17(18)23/h3-13,25H,1-2H3,(H,26,27). The Morgan fingerprint density at radius 1 is 1.04 bits per heavy atom. The van der Waals surface area contributed by atoms with Crippen LogP contribution in [-0.2, 0) is 0 Å². The van der Waals surface area contributed by atoms with Crippen LogP contribution in [0.25, 0.3) is 0 Å². The predicted octanol–water partition coefficient (Wildman–Crippen LogP) is 5.14. The minimum atomic E-state index is -0.852. The number of hydrogen-bond donors (Lipinski definition) is 2. The van der Waals surface area contributed by atoms with Crippen molar-refractivity contribution in [3.63, 3.8) is 0 Å². The average Bonchev–Trinajstić information content (AvgIpc) is 2.65. The van der Waals surface area contributed by atoms with Crippen molar-refractivity contribution in [2.75, 3.05) is 10.6 Å². The summed E-state index contributed by atoms with van der Waals surface area (Å²) in [7, 11) is 0. The quantitative estimate of drug-likeness (QED) is 0.618. The van der Waals surface area contributed by atoms with E-state index in [2.05, 4.69) is 15.6 Å². The highest BCUT2D eigenvalue weighted by Crippen LogP contribution is 2.28. The van der Waals surface area contributed by atoms with E-state index in [0.29, 0.717) is 17.5 Å². The molecule has 0 aliphatic heterocycles. The van der Waals surface area contributed by atoms with Gasteiger partial charge in [0.2, 0.25) is 0 Å². The number of para-hydroxylation sites is 2. The Kier molecular flexibility index (Phi) is 5.84. The summed E-state index contributed by atoms with van der Waals surface area (Å²) in [6.07, 6.45) is 2.92. The van der Waals surface area contributed by atoms with E-state index >= 15 is 0 Å². The summed E-state index contributed by atoms with van der Waals surface area (Å²) < 4.78 is 32.5. The Morgan fingerprint density at radius 3 is 2.57 bits per heavy atom. The molecule has 1 heterocycles. The van der Waals surface area contributed by atoms with Crippen LogP contribution < -0.4 is 15.4 Å². The van der Waals surface area contributed by atoms with Gasteiger partial charge in [-0.15, -0.1) is 0 Å². The second kappa shape index (κ2) is 8.47. The molecule has 3 aromatic rings. The van der Waals surface area contributed by atoms with E-state index in [0.717, 1.165) is 17.8 Å². The molecule has 1 amide bonds. The fraction of sp³-hybridized carbons (Fsp3) is 0.143. The first kappa shape index (κ1) is 19.3. The maximum Gasteiger partial charge on any atom is 0.257 e. The minimum absolute atomic E-state index is 0.00351. The molecule has 0 saturated heterocycles. The van der Waals surface area contributed by atoms with Crippen molar-refractivity contribution in [3.05, 3.63) is 78.1 Å². The Morgan fingerprint density at radius 2 is 1.82 bits per heavy atom. The smallest absolute Gasteiger partial charge is 0.257 e. The van der Waals surface area contributed by atoms with Crippen molar-refractivity contribution in [2.24, 2.45) is 0 Å². The first-order valence-corrected chi connectivity index (χ1v) is 8.66. The molecule has 2 N–H and O–H groups in total. The number of hydrogen-bond acceptors (Lipinski definition) is 4. The summed E-state index contributed by atoms with van der Waals surface area (Å²) in [5.41, 5.74) is 1.39. The van der Waals surface area contributed by atoms with Crippen LogP contribution in [0.2, 0.25) is 0 Å². The molecule has 0 aliphatic rings. The molecule has 0 radical (unpaired) electrons. The molecule has 3 rings (SSSR count). The number of aromatic nitrogens is 1. The van der Waals surface area contributed by atoms with Gasteiger partial charge in [0.15, 0.2) is 0 Å². The number of ether oxygens (including phenoxy) is 1. The van der Waals surface area contributed by atoms with E-state index in [-0.39, 0.29) is 17.4 Å². The van der Waals surface area contributed by atoms with Crippen molar-refractivity contribution in [1.82, 2.24) is 4.98 Å². The lowest BCUT2D eigenvalue weighted by Crippen LogP contribution is -2.13. The van der Waals surface area contributed by atoms with E-state index < -0.39 is 17.5 Å². The number of anilines is 3. The molecule has 28 heavy (non-hydrogen) atoms. The molecule has 0 fully saturated rings. The molecule has 0 unspecified atom stereocenters. The summed E-state index contributed by atoms with van der Waals surface area (Å²) in [6.45, 7) is 3.86. The Balaban J connectivity index is 1.78. The number of benzene rings is 2. The normalized spacial score (nSPS) is 10.6. The zero-order valence-electron chi connectivity index (χ0n) is 15.4. The summed E-state index contributed by atoms with van der Waals surface area (Å²) >= 11 is 0. The lowest BCUT2D eigenvalue weighted by atomic mass is 10.2. The highest BCUT2D eigenvalue weighted by molar-refractivity contribution is 6.04. The van der Waals surface area contributed by atoms with Gasteiger partial charge in [-0.25, -0.2) is 8.78 Å². The number of halogens is 2. The number of carbonyl (C=O) groups is 1. The number of pyridine rings is 1. The van der Waals surface area contributed by atoms with Crippen LogP contribution in [0, 0.1) is 11.6 Å². The Labute approximate surface area is 161 Å². The van der Waals surface area contributed by atoms with E-state index in [1.54, 1.807) is 12.3 Å². The fourth-order valence-electron chi connectivity index (χ4n) is 2.50. The molecule has 7 heteroatoms. The number of rotatable bonds is 6. The summed E-state index contributed by atoms with van der Waals surface area (Å²) in [5, 5.41) is 5.57. The van der Waals surface area contributed by atoms with Gasteiger partial charge in [0, 0.05) is 12.3 Å². The lowest BCUT2D eigenvalue weighted by Gasteiger charge is -2.15. The van der Waals surface area contributed by atoms with Gasteiger partial charge in [0.05, 0.1) is 34.9 Å². The third-order valence-electron chi connectivity index (χ3n) is 3.71. The maximum atomic E-state index is 13.7. The van der Waals surface area contributed by atoms with E-state index in [1.165, 1.54) is 6.20 Å². The van der Waals surface area contributed by atoms with Gasteiger partial charge >= 0.3 is 0 Å². The molecule has 0 spiro atoms. The molecule has 0 aliphatic carbocycles. The summed E-state index contributed by atoms with van der Waals surface area (Å²) in [4.78, 5) is 16.5. The van der Waals surface area contributed by atoms with Gasteiger partial charge < -0.3 is 15.4 Å². The van der Waals surface area contributed by atoms with E-state index in [9.17, 15) is 13.6 Å². The first-order chi connectivity index (χ1) is 13.4. The van der Waals surface area contributed by atoms with Crippen LogP contribution in [0.1, 0.15) is 24.2 Å². The zero-order valence-corrected chi connectivity index (χ0v) is 15.4. The van der Waals surface area contributed by atoms with Gasteiger partial charge in [-0.2, -0.15) is 0 Å². The highest BCUT2D eigenvalue weighted by atomic mass is 19.1.